The van der Waals surface area contributed by atoms with E-state index < -0.39 is 11.0 Å². The van der Waals surface area contributed by atoms with Crippen molar-refractivity contribution in [2.24, 2.45) is 0 Å². The molecule has 3 nitrogen and oxygen atoms in total. The third kappa shape index (κ3) is 2.35. The Labute approximate surface area is 87.2 Å². The van der Waals surface area contributed by atoms with E-state index in [9.17, 15) is 9.59 Å². The molecule has 1 N–H and O–H groups in total. The first kappa shape index (κ1) is 10.8. The van der Waals surface area contributed by atoms with Gasteiger partial charge >= 0.3 is 0 Å². The van der Waals surface area contributed by atoms with Crippen molar-refractivity contribution in [3.63, 3.8) is 0 Å². The van der Waals surface area contributed by atoms with Crippen LogP contribution >= 0.6 is 12.6 Å². The minimum absolute atomic E-state index is 0.0997. The Morgan fingerprint density at radius 2 is 1.79 bits per heavy atom. The molecule has 1 aromatic carbocycles. The van der Waals surface area contributed by atoms with Crippen molar-refractivity contribution in [3.8, 4) is 5.75 Å². The minimum atomic E-state index is -0.834. The molecule has 0 radical (unpaired) electrons. The summed E-state index contributed by atoms with van der Waals surface area (Å²) in [5.74, 6) is -0.989. The van der Waals surface area contributed by atoms with Gasteiger partial charge in [-0.05, 0) is 24.6 Å². The first-order chi connectivity index (χ1) is 6.52. The van der Waals surface area contributed by atoms with E-state index in [1.807, 2.05) is 0 Å². The normalized spacial score (nSPS) is 12.1. The maximum atomic E-state index is 11.1. The second kappa shape index (κ2) is 4.28. The highest BCUT2D eigenvalue weighted by atomic mass is 32.1. The van der Waals surface area contributed by atoms with Gasteiger partial charge in [-0.25, -0.2) is 0 Å². The van der Waals surface area contributed by atoms with Crippen molar-refractivity contribution < 1.29 is 14.7 Å². The van der Waals surface area contributed by atoms with Gasteiger partial charge < -0.3 is 5.11 Å². The summed E-state index contributed by atoms with van der Waals surface area (Å²) in [6.45, 7) is 1.34. The molecule has 14 heavy (non-hydrogen) atoms. The van der Waals surface area contributed by atoms with E-state index in [1.165, 1.54) is 31.2 Å². The van der Waals surface area contributed by atoms with Crippen LogP contribution in [0.4, 0.5) is 0 Å². The number of carbonyl (C=O) groups excluding carboxylic acids is 2. The van der Waals surface area contributed by atoms with Crippen LogP contribution in [0.3, 0.4) is 0 Å². The van der Waals surface area contributed by atoms with Gasteiger partial charge in [0.1, 0.15) is 17.5 Å². The maximum absolute atomic E-state index is 11.1. The standard InChI is InChI=1S/C10H10O3S/c1-6(11)9(10(13)14)7-2-4-8(12)5-3-7/h2-5,9,12H,1H3,(H,13,14). The average Bonchev–Trinajstić information content (AvgIpc) is 2.07. The van der Waals surface area contributed by atoms with Crippen LogP contribution in [0.5, 0.6) is 5.75 Å². The van der Waals surface area contributed by atoms with Crippen LogP contribution in [-0.4, -0.2) is 16.0 Å². The van der Waals surface area contributed by atoms with Gasteiger partial charge in [0.15, 0.2) is 0 Å². The summed E-state index contributed by atoms with van der Waals surface area (Å²) in [6.07, 6.45) is 0. The summed E-state index contributed by atoms with van der Waals surface area (Å²) in [6, 6.07) is 5.94. The number of hydrogen-bond acceptors (Lipinski definition) is 3. The Hall–Kier alpha value is -1.29. The van der Waals surface area contributed by atoms with Crippen LogP contribution in [0, 0.1) is 0 Å². The van der Waals surface area contributed by atoms with Crippen LogP contribution in [0.1, 0.15) is 18.4 Å². The zero-order chi connectivity index (χ0) is 10.7. The highest BCUT2D eigenvalue weighted by molar-refractivity contribution is 7.96. The summed E-state index contributed by atoms with van der Waals surface area (Å²) in [5.41, 5.74) is 0.551. The van der Waals surface area contributed by atoms with Gasteiger partial charge in [0.05, 0.1) is 0 Å². The molecule has 1 unspecified atom stereocenters. The number of aromatic hydroxyl groups is 1. The van der Waals surface area contributed by atoms with Crippen molar-refractivity contribution >= 4 is 23.5 Å². The number of Topliss-reactive ketones (excluding diaryl/α,β-unsaturated/α-hetero) is 1. The molecule has 1 aromatic rings. The molecule has 4 heteroatoms. The van der Waals surface area contributed by atoms with Gasteiger partial charge in [-0.3, -0.25) is 9.59 Å². The molecular weight excluding hydrogens is 200 g/mol. The SMILES string of the molecule is CC(=O)C(C(=O)S)c1ccc(O)cc1. The summed E-state index contributed by atoms with van der Waals surface area (Å²) < 4.78 is 0. The van der Waals surface area contributed by atoms with Gasteiger partial charge in [0, 0.05) is 0 Å². The Morgan fingerprint density at radius 1 is 1.29 bits per heavy atom. The lowest BCUT2D eigenvalue weighted by molar-refractivity contribution is -0.123. The third-order valence-electron chi connectivity index (χ3n) is 1.88. The summed E-state index contributed by atoms with van der Waals surface area (Å²) in [7, 11) is 0. The van der Waals surface area contributed by atoms with Gasteiger partial charge in [0.2, 0.25) is 5.12 Å². The maximum Gasteiger partial charge on any atom is 0.200 e. The molecule has 0 fully saturated rings. The molecule has 0 aliphatic heterocycles. The molecule has 0 aromatic heterocycles. The number of ketones is 1. The summed E-state index contributed by atoms with van der Waals surface area (Å²) >= 11 is 3.65. The molecule has 0 amide bonds. The monoisotopic (exact) mass is 210 g/mol. The lowest BCUT2D eigenvalue weighted by Crippen LogP contribution is -2.15. The molecule has 0 spiro atoms. The van der Waals surface area contributed by atoms with Crippen molar-refractivity contribution in [1.29, 1.82) is 0 Å². The van der Waals surface area contributed by atoms with E-state index in [1.54, 1.807) is 0 Å². The van der Waals surface area contributed by atoms with Crippen LogP contribution in [0.2, 0.25) is 0 Å². The van der Waals surface area contributed by atoms with Crippen molar-refractivity contribution in [2.45, 2.75) is 12.8 Å². The number of phenols is 1. The van der Waals surface area contributed by atoms with Crippen LogP contribution in [-0.2, 0) is 9.59 Å². The topological polar surface area (TPSA) is 54.4 Å². The number of hydrogen-bond donors (Lipinski definition) is 2. The smallest absolute Gasteiger partial charge is 0.200 e. The predicted octanol–water partition coefficient (Wildman–Crippen LogP) is 1.52. The third-order valence-corrected chi connectivity index (χ3v) is 2.14. The quantitative estimate of drug-likeness (QED) is 0.587. The number of rotatable bonds is 3. The highest BCUT2D eigenvalue weighted by Gasteiger charge is 2.22. The fourth-order valence-corrected chi connectivity index (χ4v) is 1.55. The molecule has 0 aliphatic rings. The largest absolute Gasteiger partial charge is 0.508 e. The molecule has 0 saturated carbocycles. The van der Waals surface area contributed by atoms with E-state index in [0.29, 0.717) is 5.56 Å². The van der Waals surface area contributed by atoms with Gasteiger partial charge in [-0.15, -0.1) is 12.6 Å². The fourth-order valence-electron chi connectivity index (χ4n) is 1.22. The lowest BCUT2D eigenvalue weighted by atomic mass is 9.97. The van der Waals surface area contributed by atoms with E-state index in [0.717, 1.165) is 0 Å². The van der Waals surface area contributed by atoms with Gasteiger partial charge in [-0.2, -0.15) is 0 Å². The minimum Gasteiger partial charge on any atom is -0.508 e. The number of phenolic OH excluding ortho intramolecular Hbond substituents is 1. The number of carbonyl (C=O) groups is 2. The fraction of sp³-hybridized carbons (Fsp3) is 0.200. The Morgan fingerprint density at radius 3 is 2.14 bits per heavy atom. The summed E-state index contributed by atoms with van der Waals surface area (Å²) in [4.78, 5) is 22.2. The van der Waals surface area contributed by atoms with Crippen molar-refractivity contribution in [1.82, 2.24) is 0 Å². The molecule has 0 heterocycles. The first-order valence-corrected chi connectivity index (χ1v) is 4.49. The highest BCUT2D eigenvalue weighted by Crippen LogP contribution is 2.21. The molecule has 0 saturated heterocycles. The van der Waals surface area contributed by atoms with Crippen LogP contribution in [0.25, 0.3) is 0 Å². The van der Waals surface area contributed by atoms with Crippen molar-refractivity contribution in [3.05, 3.63) is 29.8 Å². The Balaban J connectivity index is 3.06. The number of thiol groups is 1. The predicted molar refractivity (Wildman–Crippen MR) is 55.5 cm³/mol. The zero-order valence-corrected chi connectivity index (χ0v) is 8.49. The lowest BCUT2D eigenvalue weighted by Gasteiger charge is -2.09. The van der Waals surface area contributed by atoms with E-state index in [-0.39, 0.29) is 11.5 Å². The second-order valence-electron chi connectivity index (χ2n) is 2.97. The van der Waals surface area contributed by atoms with Gasteiger partial charge in [0.25, 0.3) is 0 Å². The molecule has 0 aliphatic carbocycles. The number of benzene rings is 1. The van der Waals surface area contributed by atoms with E-state index in [4.69, 9.17) is 5.11 Å². The Kier molecular flexibility index (Phi) is 3.30. The van der Waals surface area contributed by atoms with Gasteiger partial charge in [-0.1, -0.05) is 12.1 Å². The molecule has 1 atom stereocenters. The average molecular weight is 210 g/mol. The second-order valence-corrected chi connectivity index (χ2v) is 3.41. The Bertz CT molecular complexity index is 342. The zero-order valence-electron chi connectivity index (χ0n) is 7.60. The van der Waals surface area contributed by atoms with Crippen LogP contribution < -0.4 is 0 Å². The van der Waals surface area contributed by atoms with Crippen molar-refractivity contribution in [2.75, 3.05) is 0 Å². The van der Waals surface area contributed by atoms with E-state index >= 15 is 0 Å². The molecule has 0 bridgehead atoms. The first-order valence-electron chi connectivity index (χ1n) is 4.04. The van der Waals surface area contributed by atoms with Crippen LogP contribution in [0.15, 0.2) is 24.3 Å². The summed E-state index contributed by atoms with van der Waals surface area (Å²) in [5, 5.41) is 8.54. The molecule has 74 valence electrons. The van der Waals surface area contributed by atoms with E-state index in [2.05, 4.69) is 12.6 Å². The molecular formula is C10H10O3S. The molecule has 1 rings (SSSR count).